The standard InChI is InChI=1S/C18H28N2S/c1-4-19-11(2)16-12(3)20-17(21-16)18-8-13-5-14(9-18)7-15(6-13)10-18/h11,13-15,19H,4-10H2,1-3H3. The molecule has 0 radical (unpaired) electrons. The lowest BCUT2D eigenvalue weighted by molar-refractivity contribution is -0.00531. The molecule has 0 saturated heterocycles. The summed E-state index contributed by atoms with van der Waals surface area (Å²) in [6, 6.07) is 0.454. The second-order valence-electron chi connectivity index (χ2n) is 7.95. The lowest BCUT2D eigenvalue weighted by Gasteiger charge is -2.56. The van der Waals surface area contributed by atoms with Gasteiger partial charge in [-0.3, -0.25) is 0 Å². The molecule has 4 aliphatic rings. The van der Waals surface area contributed by atoms with Crippen molar-refractivity contribution in [1.82, 2.24) is 10.3 Å². The van der Waals surface area contributed by atoms with Crippen molar-refractivity contribution >= 4 is 11.3 Å². The molecule has 0 amide bonds. The van der Waals surface area contributed by atoms with E-state index in [0.717, 1.165) is 24.3 Å². The molecule has 1 aromatic rings. The Morgan fingerprint density at radius 3 is 2.29 bits per heavy atom. The molecule has 5 rings (SSSR count). The number of nitrogens with one attached hydrogen (secondary N) is 1. The third kappa shape index (κ3) is 2.28. The fourth-order valence-corrected chi connectivity index (χ4v) is 7.12. The molecule has 4 fully saturated rings. The lowest BCUT2D eigenvalue weighted by atomic mass is 9.50. The van der Waals surface area contributed by atoms with Crippen molar-refractivity contribution in [3.63, 3.8) is 0 Å². The van der Waals surface area contributed by atoms with Gasteiger partial charge in [0.1, 0.15) is 0 Å². The van der Waals surface area contributed by atoms with E-state index in [-0.39, 0.29) is 0 Å². The predicted octanol–water partition coefficient (Wildman–Crippen LogP) is 4.59. The van der Waals surface area contributed by atoms with Crippen LogP contribution in [0.5, 0.6) is 0 Å². The first-order chi connectivity index (χ1) is 10.1. The monoisotopic (exact) mass is 304 g/mol. The highest BCUT2D eigenvalue weighted by molar-refractivity contribution is 7.12. The molecule has 1 heterocycles. The van der Waals surface area contributed by atoms with Gasteiger partial charge >= 0.3 is 0 Å². The van der Waals surface area contributed by atoms with Crippen LogP contribution in [0.2, 0.25) is 0 Å². The Bertz CT molecular complexity index is 498. The molecule has 4 bridgehead atoms. The minimum Gasteiger partial charge on any atom is -0.310 e. The van der Waals surface area contributed by atoms with Crippen LogP contribution in [0.1, 0.15) is 74.0 Å². The molecule has 2 nitrogen and oxygen atoms in total. The summed E-state index contributed by atoms with van der Waals surface area (Å²) in [7, 11) is 0. The van der Waals surface area contributed by atoms with Crippen LogP contribution < -0.4 is 5.32 Å². The van der Waals surface area contributed by atoms with Gasteiger partial charge in [0.2, 0.25) is 0 Å². The number of nitrogens with zero attached hydrogens (tertiary/aromatic N) is 1. The number of aromatic nitrogens is 1. The fourth-order valence-electron chi connectivity index (χ4n) is 5.81. The highest BCUT2D eigenvalue weighted by Crippen LogP contribution is 2.61. The van der Waals surface area contributed by atoms with Crippen LogP contribution in [0.25, 0.3) is 0 Å². The molecular weight excluding hydrogens is 276 g/mol. The first kappa shape index (κ1) is 14.2. The second-order valence-corrected chi connectivity index (χ2v) is 8.98. The molecule has 0 aromatic carbocycles. The van der Waals surface area contributed by atoms with E-state index in [0.29, 0.717) is 11.5 Å². The third-order valence-corrected chi connectivity index (χ3v) is 7.81. The van der Waals surface area contributed by atoms with Crippen molar-refractivity contribution in [1.29, 1.82) is 0 Å². The number of hydrogen-bond acceptors (Lipinski definition) is 3. The first-order valence-corrected chi connectivity index (χ1v) is 9.62. The number of aryl methyl sites for hydroxylation is 1. The van der Waals surface area contributed by atoms with Crippen molar-refractivity contribution < 1.29 is 0 Å². The van der Waals surface area contributed by atoms with Crippen LogP contribution in [-0.2, 0) is 5.41 Å². The van der Waals surface area contributed by atoms with Crippen molar-refractivity contribution in [3.05, 3.63) is 15.6 Å². The molecule has 0 spiro atoms. The second kappa shape index (κ2) is 5.06. The normalized spacial score (nSPS) is 38.9. The summed E-state index contributed by atoms with van der Waals surface area (Å²) in [5.74, 6) is 3.03. The van der Waals surface area contributed by atoms with E-state index in [4.69, 9.17) is 4.98 Å². The van der Waals surface area contributed by atoms with Gasteiger partial charge in [-0.15, -0.1) is 11.3 Å². The Morgan fingerprint density at radius 1 is 1.19 bits per heavy atom. The summed E-state index contributed by atoms with van der Waals surface area (Å²) in [6.07, 6.45) is 8.85. The molecule has 116 valence electrons. The van der Waals surface area contributed by atoms with Crippen LogP contribution in [0.15, 0.2) is 0 Å². The zero-order valence-corrected chi connectivity index (χ0v) is 14.4. The maximum atomic E-state index is 5.08. The molecule has 1 aromatic heterocycles. The van der Waals surface area contributed by atoms with Gasteiger partial charge in [0.05, 0.1) is 10.7 Å². The van der Waals surface area contributed by atoms with Gasteiger partial charge < -0.3 is 5.32 Å². The minimum absolute atomic E-state index is 0.454. The Kier molecular flexibility index (Phi) is 3.42. The molecule has 1 N–H and O–H groups in total. The summed E-state index contributed by atoms with van der Waals surface area (Å²) in [5, 5.41) is 5.05. The summed E-state index contributed by atoms with van der Waals surface area (Å²) in [4.78, 5) is 6.56. The topological polar surface area (TPSA) is 24.9 Å². The van der Waals surface area contributed by atoms with Crippen LogP contribution in [0.4, 0.5) is 0 Å². The van der Waals surface area contributed by atoms with Gasteiger partial charge in [-0.1, -0.05) is 6.92 Å². The number of rotatable bonds is 4. The Labute approximate surface area is 132 Å². The van der Waals surface area contributed by atoms with Crippen molar-refractivity contribution in [2.24, 2.45) is 17.8 Å². The van der Waals surface area contributed by atoms with Crippen LogP contribution in [-0.4, -0.2) is 11.5 Å². The predicted molar refractivity (Wildman–Crippen MR) is 88.8 cm³/mol. The van der Waals surface area contributed by atoms with Gasteiger partial charge in [0.25, 0.3) is 0 Å². The smallest absolute Gasteiger partial charge is 0.0993 e. The van der Waals surface area contributed by atoms with E-state index in [1.165, 1.54) is 54.1 Å². The van der Waals surface area contributed by atoms with E-state index < -0.39 is 0 Å². The average molecular weight is 305 g/mol. The molecular formula is C18H28N2S. The van der Waals surface area contributed by atoms with E-state index in [2.05, 4.69) is 26.1 Å². The Balaban J connectivity index is 1.66. The summed E-state index contributed by atoms with van der Waals surface area (Å²) >= 11 is 2.02. The quantitative estimate of drug-likeness (QED) is 0.880. The molecule has 4 aliphatic carbocycles. The lowest BCUT2D eigenvalue weighted by Crippen LogP contribution is -2.48. The summed E-state index contributed by atoms with van der Waals surface area (Å²) in [6.45, 7) is 7.72. The minimum atomic E-state index is 0.454. The van der Waals surface area contributed by atoms with Gasteiger partial charge in [-0.05, 0) is 76.7 Å². The molecule has 0 aliphatic heterocycles. The molecule has 1 atom stereocenters. The maximum Gasteiger partial charge on any atom is 0.0993 e. The fraction of sp³-hybridized carbons (Fsp3) is 0.833. The van der Waals surface area contributed by atoms with Crippen LogP contribution >= 0.6 is 11.3 Å². The van der Waals surface area contributed by atoms with E-state index >= 15 is 0 Å². The molecule has 4 saturated carbocycles. The van der Waals surface area contributed by atoms with Gasteiger partial charge in [-0.25, -0.2) is 4.98 Å². The highest BCUT2D eigenvalue weighted by Gasteiger charge is 2.53. The molecule has 3 heteroatoms. The zero-order chi connectivity index (χ0) is 14.6. The van der Waals surface area contributed by atoms with E-state index in [1.54, 1.807) is 0 Å². The van der Waals surface area contributed by atoms with Gasteiger partial charge in [0.15, 0.2) is 0 Å². The van der Waals surface area contributed by atoms with Crippen LogP contribution in [0.3, 0.4) is 0 Å². The number of hydrogen-bond donors (Lipinski definition) is 1. The summed E-state index contributed by atoms with van der Waals surface area (Å²) in [5.41, 5.74) is 1.74. The summed E-state index contributed by atoms with van der Waals surface area (Å²) < 4.78 is 0. The average Bonchev–Trinajstić information content (AvgIpc) is 2.80. The van der Waals surface area contributed by atoms with E-state index in [9.17, 15) is 0 Å². The first-order valence-electron chi connectivity index (χ1n) is 8.81. The van der Waals surface area contributed by atoms with Crippen molar-refractivity contribution in [2.75, 3.05) is 6.54 Å². The SMILES string of the molecule is CCNC(C)c1sc(C23CC4CC(CC(C4)C2)C3)nc1C. The molecule has 1 unspecified atom stereocenters. The third-order valence-electron chi connectivity index (χ3n) is 6.23. The van der Waals surface area contributed by atoms with Crippen molar-refractivity contribution in [3.8, 4) is 0 Å². The zero-order valence-electron chi connectivity index (χ0n) is 13.6. The Hall–Kier alpha value is -0.410. The maximum absolute atomic E-state index is 5.08. The number of thiazole rings is 1. The Morgan fingerprint density at radius 2 is 1.76 bits per heavy atom. The largest absolute Gasteiger partial charge is 0.310 e. The van der Waals surface area contributed by atoms with Gasteiger partial charge in [-0.2, -0.15) is 0 Å². The van der Waals surface area contributed by atoms with E-state index in [1.807, 2.05) is 11.3 Å². The van der Waals surface area contributed by atoms with Crippen LogP contribution in [0, 0.1) is 24.7 Å². The van der Waals surface area contributed by atoms with Gasteiger partial charge in [0, 0.05) is 16.3 Å². The molecule has 21 heavy (non-hydrogen) atoms. The highest BCUT2D eigenvalue weighted by atomic mass is 32.1. The van der Waals surface area contributed by atoms with Crippen molar-refractivity contribution in [2.45, 2.75) is 70.8 Å².